The van der Waals surface area contributed by atoms with Gasteiger partial charge in [0.25, 0.3) is 0 Å². The number of benzene rings is 2. The molecule has 0 bridgehead atoms. The van der Waals surface area contributed by atoms with Crippen LogP contribution in [0.25, 0.3) is 0 Å². The van der Waals surface area contributed by atoms with Crippen LogP contribution >= 0.6 is 0 Å². The summed E-state index contributed by atoms with van der Waals surface area (Å²) < 4.78 is 10.8. The Morgan fingerprint density at radius 2 is 1.81 bits per heavy atom. The molecule has 1 N–H and O–H groups in total. The molecule has 0 spiro atoms. The molecule has 7 nitrogen and oxygen atoms in total. The van der Waals surface area contributed by atoms with Crippen molar-refractivity contribution in [2.24, 2.45) is 0 Å². The zero-order valence-electron chi connectivity index (χ0n) is 18.6. The summed E-state index contributed by atoms with van der Waals surface area (Å²) >= 11 is 0. The number of hydrogen-bond donors (Lipinski definition) is 1. The highest BCUT2D eigenvalue weighted by atomic mass is 16.5. The van der Waals surface area contributed by atoms with Crippen LogP contribution in [0, 0.1) is 0 Å². The van der Waals surface area contributed by atoms with Gasteiger partial charge in [-0.15, -0.1) is 0 Å². The molecule has 2 aromatic rings. The zero-order chi connectivity index (χ0) is 22.9. The summed E-state index contributed by atoms with van der Waals surface area (Å²) in [6.07, 6.45) is 1.81. The van der Waals surface area contributed by atoms with Crippen LogP contribution in [0.15, 0.2) is 42.5 Å². The summed E-state index contributed by atoms with van der Waals surface area (Å²) in [6, 6.07) is 13.1. The van der Waals surface area contributed by atoms with Gasteiger partial charge in [-0.1, -0.05) is 30.3 Å². The fraction of sp³-hybridized carbons (Fsp3) is 0.400. The molecule has 3 amide bonds. The Labute approximate surface area is 187 Å². The number of fused-ring (bicyclic) bond motifs is 1. The predicted octanol–water partition coefficient (Wildman–Crippen LogP) is 2.91. The molecule has 0 unspecified atom stereocenters. The molecule has 1 heterocycles. The average Bonchev–Trinajstić information content (AvgIpc) is 3.29. The van der Waals surface area contributed by atoms with Crippen LogP contribution in [0.3, 0.4) is 0 Å². The average molecular weight is 437 g/mol. The van der Waals surface area contributed by atoms with Gasteiger partial charge in [0, 0.05) is 19.4 Å². The highest BCUT2D eigenvalue weighted by Crippen LogP contribution is 2.39. The maximum absolute atomic E-state index is 13.0. The summed E-state index contributed by atoms with van der Waals surface area (Å²) in [7, 11) is 3.18. The Kier molecular flexibility index (Phi) is 5.91. The van der Waals surface area contributed by atoms with Crippen LogP contribution < -0.4 is 14.8 Å². The Morgan fingerprint density at radius 1 is 1.12 bits per heavy atom. The highest BCUT2D eigenvalue weighted by Gasteiger charge is 2.49. The lowest BCUT2D eigenvalue weighted by atomic mass is 9.81. The molecule has 32 heavy (non-hydrogen) atoms. The summed E-state index contributed by atoms with van der Waals surface area (Å²) in [5.41, 5.74) is 2.07. The van der Waals surface area contributed by atoms with Crippen LogP contribution in [-0.4, -0.2) is 43.4 Å². The van der Waals surface area contributed by atoms with Gasteiger partial charge in [-0.25, -0.2) is 0 Å². The van der Waals surface area contributed by atoms with Crippen molar-refractivity contribution in [2.75, 3.05) is 20.8 Å². The number of nitrogens with zero attached hydrogens (tertiary/aromatic N) is 1. The van der Waals surface area contributed by atoms with Crippen LogP contribution in [0.5, 0.6) is 11.5 Å². The third-order valence-electron chi connectivity index (χ3n) is 6.55. The highest BCUT2D eigenvalue weighted by molar-refractivity contribution is 6.09. The van der Waals surface area contributed by atoms with Crippen molar-refractivity contribution in [3.8, 4) is 11.5 Å². The summed E-state index contributed by atoms with van der Waals surface area (Å²) in [5, 5.41) is 3.05. The summed E-state index contributed by atoms with van der Waals surface area (Å²) in [4.78, 5) is 39.5. The molecule has 0 aromatic heterocycles. The molecule has 2 aromatic carbocycles. The van der Waals surface area contributed by atoms with Crippen molar-refractivity contribution in [1.82, 2.24) is 10.2 Å². The molecule has 0 saturated carbocycles. The van der Waals surface area contributed by atoms with Gasteiger partial charge < -0.3 is 14.8 Å². The number of aryl methyl sites for hydroxylation is 1. The van der Waals surface area contributed by atoms with Crippen molar-refractivity contribution >= 4 is 17.7 Å². The van der Waals surface area contributed by atoms with E-state index in [2.05, 4.69) is 5.32 Å². The summed E-state index contributed by atoms with van der Waals surface area (Å²) in [5.74, 6) is 0.625. The van der Waals surface area contributed by atoms with Crippen molar-refractivity contribution in [1.29, 1.82) is 0 Å². The molecule has 168 valence electrons. The van der Waals surface area contributed by atoms with Crippen LogP contribution in [0.4, 0.5) is 0 Å². The number of carbonyl (C=O) groups is 3. The fourth-order valence-corrected chi connectivity index (χ4v) is 4.71. The molecule has 1 fully saturated rings. The van der Waals surface area contributed by atoms with E-state index in [9.17, 15) is 14.4 Å². The van der Waals surface area contributed by atoms with Gasteiger partial charge in [-0.05, 0) is 48.6 Å². The Bertz CT molecular complexity index is 1050. The number of methoxy groups -OCH3 is 2. The Hall–Kier alpha value is -3.35. The molecule has 2 aliphatic rings. The van der Waals surface area contributed by atoms with Gasteiger partial charge in [0.15, 0.2) is 11.5 Å². The molecule has 2 atom stereocenters. The van der Waals surface area contributed by atoms with Gasteiger partial charge in [0.05, 0.1) is 25.7 Å². The quantitative estimate of drug-likeness (QED) is 0.675. The lowest BCUT2D eigenvalue weighted by Gasteiger charge is -2.23. The maximum atomic E-state index is 13.0. The lowest BCUT2D eigenvalue weighted by molar-refractivity contribution is -0.140. The minimum atomic E-state index is -0.880. The Morgan fingerprint density at radius 3 is 2.50 bits per heavy atom. The smallest absolute Gasteiger partial charge is 0.240 e. The number of amides is 3. The van der Waals surface area contributed by atoms with Crippen LogP contribution in [0.2, 0.25) is 0 Å². The molecule has 0 radical (unpaired) electrons. The van der Waals surface area contributed by atoms with Gasteiger partial charge in [0.1, 0.15) is 0 Å². The predicted molar refractivity (Wildman–Crippen MR) is 118 cm³/mol. The second kappa shape index (κ2) is 8.65. The number of nitrogens with one attached hydrogen (secondary N) is 1. The standard InChI is InChI=1S/C25H28N2O5/c1-25(17-7-5-4-6-8-17)15-23(29)27(24(25)30)12-11-22(28)26-19-10-9-16-13-20(31-2)21(32-3)14-18(16)19/h4-8,13-14,19H,9-12,15H2,1-3H3,(H,26,28)/t19-,25-/m1/s1. The number of hydrogen-bond acceptors (Lipinski definition) is 5. The minimum absolute atomic E-state index is 0.0709. The molecule has 7 heteroatoms. The minimum Gasteiger partial charge on any atom is -0.493 e. The topological polar surface area (TPSA) is 84.9 Å². The maximum Gasteiger partial charge on any atom is 0.240 e. The van der Waals surface area contributed by atoms with Gasteiger partial charge >= 0.3 is 0 Å². The van der Waals surface area contributed by atoms with Gasteiger partial charge in [0.2, 0.25) is 17.7 Å². The third kappa shape index (κ3) is 3.83. The van der Waals surface area contributed by atoms with Gasteiger partial charge in [-0.2, -0.15) is 0 Å². The SMILES string of the molecule is COc1cc2c(cc1OC)[C@H](NC(=O)CCN1C(=O)C[C@](C)(c3ccccc3)C1=O)CC2. The largest absolute Gasteiger partial charge is 0.493 e. The number of likely N-dealkylation sites (tertiary alicyclic amines) is 1. The van der Waals surface area contributed by atoms with E-state index < -0.39 is 5.41 Å². The van der Waals surface area contributed by atoms with Crippen molar-refractivity contribution in [3.05, 3.63) is 59.2 Å². The lowest BCUT2D eigenvalue weighted by Crippen LogP contribution is -2.39. The molecular weight excluding hydrogens is 408 g/mol. The number of imide groups is 1. The molecule has 1 aliphatic carbocycles. The van der Waals surface area contributed by atoms with Gasteiger partial charge in [-0.3, -0.25) is 19.3 Å². The van der Waals surface area contributed by atoms with Crippen molar-refractivity contribution in [3.63, 3.8) is 0 Å². The van der Waals surface area contributed by atoms with Crippen LogP contribution in [-0.2, 0) is 26.2 Å². The first-order valence-electron chi connectivity index (χ1n) is 10.8. The van der Waals surface area contributed by atoms with E-state index in [-0.39, 0.29) is 43.1 Å². The monoisotopic (exact) mass is 436 g/mol. The number of carbonyl (C=O) groups excluding carboxylic acids is 3. The number of rotatable bonds is 7. The molecule has 4 rings (SSSR count). The first-order valence-corrected chi connectivity index (χ1v) is 10.8. The molecule has 1 saturated heterocycles. The van der Waals surface area contributed by atoms with E-state index in [1.54, 1.807) is 21.1 Å². The van der Waals surface area contributed by atoms with E-state index in [0.29, 0.717) is 11.5 Å². The second-order valence-electron chi connectivity index (χ2n) is 8.54. The molecule has 1 aliphatic heterocycles. The Balaban J connectivity index is 1.39. The van der Waals surface area contributed by atoms with E-state index in [1.165, 1.54) is 4.90 Å². The number of ether oxygens (including phenoxy) is 2. The zero-order valence-corrected chi connectivity index (χ0v) is 18.6. The van der Waals surface area contributed by atoms with E-state index >= 15 is 0 Å². The normalized spacial score (nSPS) is 22.1. The summed E-state index contributed by atoms with van der Waals surface area (Å²) in [6.45, 7) is 1.87. The first kappa shape index (κ1) is 21.9. The fourth-order valence-electron chi connectivity index (χ4n) is 4.71. The van der Waals surface area contributed by atoms with Crippen molar-refractivity contribution < 1.29 is 23.9 Å². The van der Waals surface area contributed by atoms with E-state index in [4.69, 9.17) is 9.47 Å². The van der Waals surface area contributed by atoms with Crippen molar-refractivity contribution in [2.45, 2.75) is 44.1 Å². The third-order valence-corrected chi connectivity index (χ3v) is 6.55. The second-order valence-corrected chi connectivity index (χ2v) is 8.54. The van der Waals surface area contributed by atoms with Crippen LogP contribution in [0.1, 0.15) is 48.9 Å². The van der Waals surface area contributed by atoms with E-state index in [0.717, 1.165) is 29.5 Å². The molecular formula is C25H28N2O5. The van der Waals surface area contributed by atoms with E-state index in [1.807, 2.05) is 42.5 Å². The first-order chi connectivity index (χ1) is 15.4.